The van der Waals surface area contributed by atoms with E-state index in [9.17, 15) is 18.0 Å². The number of halogens is 1. The molecule has 0 N–H and O–H groups in total. The molecule has 5 nitrogen and oxygen atoms in total. The van der Waals surface area contributed by atoms with Crippen molar-refractivity contribution < 1.29 is 18.0 Å². The van der Waals surface area contributed by atoms with Gasteiger partial charge in [-0.25, -0.2) is 8.42 Å². The Hall–Kier alpha value is -0.620. The van der Waals surface area contributed by atoms with Crippen LogP contribution in [0.2, 0.25) is 0 Å². The summed E-state index contributed by atoms with van der Waals surface area (Å²) in [5, 5.41) is -0.868. The lowest BCUT2D eigenvalue weighted by molar-refractivity contribution is -0.148. The summed E-state index contributed by atoms with van der Waals surface area (Å²) in [6.07, 6.45) is 0.138. The van der Waals surface area contributed by atoms with Crippen LogP contribution in [0, 0.1) is 0 Å². The summed E-state index contributed by atoms with van der Waals surface area (Å²) < 4.78 is 22.0. The Labute approximate surface area is 92.3 Å². The summed E-state index contributed by atoms with van der Waals surface area (Å²) in [5.41, 5.74) is 0. The molecule has 2 heterocycles. The molecule has 0 aromatic heterocycles. The Morgan fingerprint density at radius 2 is 2.20 bits per heavy atom. The van der Waals surface area contributed by atoms with Gasteiger partial charge in [0.05, 0.1) is 6.42 Å². The molecular weight excluding hydrogens is 242 g/mol. The molecule has 84 valence electrons. The molecule has 3 atom stereocenters. The molecule has 2 aliphatic rings. The van der Waals surface area contributed by atoms with E-state index in [1.807, 2.05) is 0 Å². The second-order valence-corrected chi connectivity index (χ2v) is 6.62. The standard InChI is InChI=1S/C8H10ClNO4S/c1-2-4(11)7-8(9)15(13,14)6-3-5(12)10(6)7/h6-8H,2-3H2,1H3/t6-,7?,8?/m1/s1. The molecule has 0 aromatic rings. The zero-order chi connectivity index (χ0) is 11.4. The highest BCUT2D eigenvalue weighted by Gasteiger charge is 2.62. The molecule has 0 aromatic carbocycles. The van der Waals surface area contributed by atoms with E-state index in [1.54, 1.807) is 6.92 Å². The summed E-state index contributed by atoms with van der Waals surface area (Å²) in [7, 11) is -3.55. The van der Waals surface area contributed by atoms with Crippen LogP contribution in [-0.2, 0) is 19.4 Å². The van der Waals surface area contributed by atoms with Crippen molar-refractivity contribution in [3.63, 3.8) is 0 Å². The number of hydrogen-bond acceptors (Lipinski definition) is 4. The number of Topliss-reactive ketones (excluding diaryl/α,β-unsaturated/α-hetero) is 1. The minimum Gasteiger partial charge on any atom is -0.312 e. The van der Waals surface area contributed by atoms with Crippen LogP contribution in [0.3, 0.4) is 0 Å². The predicted molar refractivity (Wildman–Crippen MR) is 52.9 cm³/mol. The molecule has 0 saturated carbocycles. The zero-order valence-corrected chi connectivity index (χ0v) is 9.59. The Balaban J connectivity index is 2.41. The fourth-order valence-electron chi connectivity index (χ4n) is 1.98. The summed E-state index contributed by atoms with van der Waals surface area (Å²) in [6, 6.07) is -0.979. The lowest BCUT2D eigenvalue weighted by Gasteiger charge is -2.35. The van der Waals surface area contributed by atoms with Gasteiger partial charge in [0.15, 0.2) is 20.3 Å². The maximum atomic E-state index is 11.7. The highest BCUT2D eigenvalue weighted by molar-refractivity contribution is 7.94. The van der Waals surface area contributed by atoms with Crippen molar-refractivity contribution in [2.45, 2.75) is 35.9 Å². The molecule has 0 aliphatic carbocycles. The van der Waals surface area contributed by atoms with Crippen molar-refractivity contribution >= 4 is 33.1 Å². The number of amides is 1. The molecule has 2 saturated heterocycles. The molecule has 7 heteroatoms. The molecule has 2 aliphatic heterocycles. The van der Waals surface area contributed by atoms with E-state index in [0.29, 0.717) is 0 Å². The van der Waals surface area contributed by atoms with E-state index in [0.717, 1.165) is 4.90 Å². The average Bonchev–Trinajstić information content (AvgIpc) is 2.34. The van der Waals surface area contributed by atoms with Gasteiger partial charge in [-0.1, -0.05) is 6.92 Å². The number of rotatable bonds is 2. The number of ketones is 1. The minimum absolute atomic E-state index is 0.0426. The fraction of sp³-hybridized carbons (Fsp3) is 0.750. The van der Waals surface area contributed by atoms with Crippen LogP contribution in [-0.4, -0.2) is 41.1 Å². The van der Waals surface area contributed by atoms with Crippen LogP contribution in [0.1, 0.15) is 19.8 Å². The monoisotopic (exact) mass is 251 g/mol. The predicted octanol–water partition coefficient (Wildman–Crippen LogP) is -0.114. The third-order valence-electron chi connectivity index (χ3n) is 2.87. The van der Waals surface area contributed by atoms with Crippen molar-refractivity contribution in [1.29, 1.82) is 0 Å². The van der Waals surface area contributed by atoms with Crippen LogP contribution in [0.25, 0.3) is 0 Å². The Morgan fingerprint density at radius 1 is 1.60 bits per heavy atom. The van der Waals surface area contributed by atoms with Gasteiger partial charge < -0.3 is 4.90 Å². The normalized spacial score (nSPS) is 37.3. The summed E-state index contributed by atoms with van der Waals surface area (Å²) >= 11 is 5.74. The zero-order valence-electron chi connectivity index (χ0n) is 8.01. The van der Waals surface area contributed by atoms with E-state index in [1.165, 1.54) is 0 Å². The largest absolute Gasteiger partial charge is 0.312 e. The SMILES string of the molecule is CCC(=O)C1C(Cl)S(=O)(=O)[C@@H]2CC(=O)N12. The second-order valence-electron chi connectivity index (χ2n) is 3.66. The van der Waals surface area contributed by atoms with Gasteiger partial charge in [0.2, 0.25) is 5.91 Å². The van der Waals surface area contributed by atoms with Crippen molar-refractivity contribution in [3.05, 3.63) is 0 Å². The summed E-state index contributed by atoms with van der Waals surface area (Å²) in [4.78, 5) is 23.8. The first-order chi connectivity index (χ1) is 6.91. The lowest BCUT2D eigenvalue weighted by atomic mass is 10.1. The minimum atomic E-state index is -3.55. The fourth-order valence-corrected chi connectivity index (χ4v) is 4.48. The van der Waals surface area contributed by atoms with E-state index in [2.05, 4.69) is 0 Å². The van der Waals surface area contributed by atoms with Gasteiger partial charge in [-0.3, -0.25) is 9.59 Å². The first kappa shape index (κ1) is 10.9. The summed E-state index contributed by atoms with van der Waals surface area (Å²) in [6.45, 7) is 1.62. The highest BCUT2D eigenvalue weighted by Crippen LogP contribution is 2.41. The number of carbonyl (C=O) groups excluding carboxylic acids is 2. The lowest BCUT2D eigenvalue weighted by Crippen LogP contribution is -2.55. The van der Waals surface area contributed by atoms with Crippen molar-refractivity contribution in [3.8, 4) is 0 Å². The number of nitrogens with zero attached hydrogens (tertiary/aromatic N) is 1. The number of alkyl halides is 1. The van der Waals surface area contributed by atoms with Crippen molar-refractivity contribution in [1.82, 2.24) is 4.90 Å². The molecule has 0 bridgehead atoms. The van der Waals surface area contributed by atoms with Gasteiger partial charge in [-0.2, -0.15) is 0 Å². The van der Waals surface area contributed by atoms with E-state index in [4.69, 9.17) is 11.6 Å². The van der Waals surface area contributed by atoms with E-state index >= 15 is 0 Å². The third-order valence-corrected chi connectivity index (χ3v) is 5.89. The Morgan fingerprint density at radius 3 is 2.67 bits per heavy atom. The maximum absolute atomic E-state index is 11.7. The molecule has 1 amide bonds. The molecular formula is C8H10ClNO4S. The third kappa shape index (κ3) is 1.24. The van der Waals surface area contributed by atoms with E-state index < -0.39 is 26.0 Å². The molecule has 0 spiro atoms. The van der Waals surface area contributed by atoms with Crippen LogP contribution in [0.5, 0.6) is 0 Å². The average molecular weight is 252 g/mol. The van der Waals surface area contributed by atoms with Crippen LogP contribution < -0.4 is 0 Å². The molecule has 2 fully saturated rings. The van der Waals surface area contributed by atoms with Gasteiger partial charge in [0.1, 0.15) is 11.4 Å². The van der Waals surface area contributed by atoms with Crippen LogP contribution in [0.4, 0.5) is 0 Å². The smallest absolute Gasteiger partial charge is 0.227 e. The van der Waals surface area contributed by atoms with Gasteiger partial charge >= 0.3 is 0 Å². The number of β-lactam (4-membered cyclic amide) rings is 1. The molecule has 0 radical (unpaired) electrons. The van der Waals surface area contributed by atoms with Gasteiger partial charge in [-0.15, -0.1) is 11.6 Å². The van der Waals surface area contributed by atoms with Gasteiger partial charge in [-0.05, 0) is 0 Å². The number of sulfone groups is 1. The van der Waals surface area contributed by atoms with Crippen molar-refractivity contribution in [2.24, 2.45) is 0 Å². The van der Waals surface area contributed by atoms with Gasteiger partial charge in [0.25, 0.3) is 0 Å². The maximum Gasteiger partial charge on any atom is 0.227 e. The Bertz CT molecular complexity index is 432. The van der Waals surface area contributed by atoms with Crippen LogP contribution >= 0.6 is 11.6 Å². The number of fused-ring (bicyclic) bond motifs is 1. The van der Waals surface area contributed by atoms with Gasteiger partial charge in [0, 0.05) is 6.42 Å². The first-order valence-electron chi connectivity index (χ1n) is 4.62. The number of carbonyl (C=O) groups is 2. The molecule has 2 rings (SSSR count). The first-order valence-corrected chi connectivity index (χ1v) is 6.66. The molecule has 2 unspecified atom stereocenters. The second kappa shape index (κ2) is 3.18. The quantitative estimate of drug-likeness (QED) is 0.507. The number of hydrogen-bond donors (Lipinski definition) is 0. The topological polar surface area (TPSA) is 71.5 Å². The molecule has 15 heavy (non-hydrogen) atoms. The summed E-state index contributed by atoms with van der Waals surface area (Å²) in [5.74, 6) is -0.604. The van der Waals surface area contributed by atoms with Crippen molar-refractivity contribution in [2.75, 3.05) is 0 Å². The Kier molecular flexibility index (Phi) is 2.31. The highest BCUT2D eigenvalue weighted by atomic mass is 35.5. The van der Waals surface area contributed by atoms with E-state index in [-0.39, 0.29) is 24.5 Å². The van der Waals surface area contributed by atoms with Crippen LogP contribution in [0.15, 0.2) is 0 Å².